The molecule has 0 radical (unpaired) electrons. The van der Waals surface area contributed by atoms with Gasteiger partial charge in [0.2, 0.25) is 0 Å². The van der Waals surface area contributed by atoms with Crippen molar-refractivity contribution in [1.29, 1.82) is 0 Å². The van der Waals surface area contributed by atoms with Gasteiger partial charge < -0.3 is 0 Å². The zero-order valence-corrected chi connectivity index (χ0v) is 12.2. The summed E-state index contributed by atoms with van der Waals surface area (Å²) < 4.78 is 1.26. The van der Waals surface area contributed by atoms with Crippen molar-refractivity contribution < 1.29 is 0 Å². The van der Waals surface area contributed by atoms with E-state index in [1.807, 2.05) is 16.9 Å². The molecule has 2 rings (SSSR count). The Morgan fingerprint density at radius 1 is 1.35 bits per heavy atom. The van der Waals surface area contributed by atoms with Crippen molar-refractivity contribution in [2.24, 2.45) is 0 Å². The van der Waals surface area contributed by atoms with Gasteiger partial charge in [-0.3, -0.25) is 0 Å². The van der Waals surface area contributed by atoms with Crippen molar-refractivity contribution in [3.05, 3.63) is 34.7 Å². The normalized spacial score (nSPS) is 11.6. The molecule has 90 valence electrons. The number of aromatic nitrogens is 1. The topological polar surface area (TPSA) is 12.9 Å². The highest BCUT2D eigenvalue weighted by molar-refractivity contribution is 8.77. The molecule has 0 amide bonds. The first-order valence-corrected chi connectivity index (χ1v) is 8.90. The third-order valence-electron chi connectivity index (χ3n) is 2.23. The van der Waals surface area contributed by atoms with Crippen LogP contribution >= 0.6 is 32.9 Å². The summed E-state index contributed by atoms with van der Waals surface area (Å²) in [6.45, 7) is 2.22. The average molecular weight is 281 g/mol. The number of unbranched alkanes of at least 4 members (excludes halogenated alkanes) is 1. The van der Waals surface area contributed by atoms with Gasteiger partial charge in [0.1, 0.15) is 5.01 Å². The van der Waals surface area contributed by atoms with E-state index in [0.29, 0.717) is 0 Å². The number of rotatable bonds is 6. The Morgan fingerprint density at radius 2 is 2.24 bits per heavy atom. The minimum atomic E-state index is 1.09. The van der Waals surface area contributed by atoms with Gasteiger partial charge in [-0.15, -0.1) is 11.3 Å². The highest BCUT2D eigenvalue weighted by Gasteiger charge is 1.98. The SMILES string of the molecule is CCCCSSC=Cc1nc2ccccc2s1. The van der Waals surface area contributed by atoms with E-state index in [0.717, 1.165) is 10.5 Å². The second kappa shape index (κ2) is 7.09. The van der Waals surface area contributed by atoms with E-state index in [9.17, 15) is 0 Å². The van der Waals surface area contributed by atoms with Crippen LogP contribution in [0.25, 0.3) is 16.3 Å². The second-order valence-corrected chi connectivity index (χ2v) is 7.05. The molecule has 2 aromatic rings. The number of thiazole rings is 1. The van der Waals surface area contributed by atoms with Crippen LogP contribution in [0, 0.1) is 0 Å². The lowest BCUT2D eigenvalue weighted by atomic mass is 10.3. The minimum absolute atomic E-state index is 1.09. The Morgan fingerprint density at radius 3 is 3.06 bits per heavy atom. The lowest BCUT2D eigenvalue weighted by Crippen LogP contribution is -1.71. The predicted molar refractivity (Wildman–Crippen MR) is 83.6 cm³/mol. The molecular weight excluding hydrogens is 266 g/mol. The van der Waals surface area contributed by atoms with E-state index in [4.69, 9.17) is 0 Å². The monoisotopic (exact) mass is 281 g/mol. The second-order valence-electron chi connectivity index (χ2n) is 3.59. The van der Waals surface area contributed by atoms with E-state index in [1.165, 1.54) is 23.3 Å². The van der Waals surface area contributed by atoms with Crippen LogP contribution in [0.15, 0.2) is 29.7 Å². The van der Waals surface area contributed by atoms with Gasteiger partial charge in [0.25, 0.3) is 0 Å². The first kappa shape index (κ1) is 13.0. The van der Waals surface area contributed by atoms with Gasteiger partial charge in [0.05, 0.1) is 10.2 Å². The molecule has 0 N–H and O–H groups in total. The molecule has 0 saturated heterocycles. The Hall–Kier alpha value is -0.450. The molecule has 0 spiro atoms. The summed E-state index contributed by atoms with van der Waals surface area (Å²) in [5.41, 5.74) is 1.10. The van der Waals surface area contributed by atoms with Gasteiger partial charge in [-0.25, -0.2) is 4.98 Å². The smallest absolute Gasteiger partial charge is 0.117 e. The zero-order valence-electron chi connectivity index (χ0n) is 9.76. The zero-order chi connectivity index (χ0) is 11.9. The lowest BCUT2D eigenvalue weighted by molar-refractivity contribution is 0.898. The molecule has 4 heteroatoms. The Labute approximate surface area is 114 Å². The quantitative estimate of drug-likeness (QED) is 0.516. The molecule has 0 saturated carbocycles. The molecule has 17 heavy (non-hydrogen) atoms. The van der Waals surface area contributed by atoms with Gasteiger partial charge in [-0.2, -0.15) is 0 Å². The summed E-state index contributed by atoms with van der Waals surface area (Å²) in [6.07, 6.45) is 4.68. The molecule has 0 unspecified atom stereocenters. The summed E-state index contributed by atoms with van der Waals surface area (Å²) in [4.78, 5) is 4.56. The summed E-state index contributed by atoms with van der Waals surface area (Å²) in [7, 11) is 3.71. The molecular formula is C13H15NS3. The maximum atomic E-state index is 4.56. The Bertz CT molecular complexity index is 457. The fourth-order valence-electron chi connectivity index (χ4n) is 1.34. The van der Waals surface area contributed by atoms with E-state index >= 15 is 0 Å². The fourth-order valence-corrected chi connectivity index (χ4v) is 4.10. The number of benzene rings is 1. The highest BCUT2D eigenvalue weighted by Crippen LogP contribution is 2.27. The molecule has 0 fully saturated rings. The maximum Gasteiger partial charge on any atom is 0.117 e. The maximum absolute atomic E-state index is 4.56. The largest absolute Gasteiger partial charge is 0.237 e. The van der Waals surface area contributed by atoms with Crippen LogP contribution < -0.4 is 0 Å². The summed E-state index contributed by atoms with van der Waals surface area (Å²) >= 11 is 1.75. The molecule has 0 aliphatic heterocycles. The number of nitrogens with zero attached hydrogens (tertiary/aromatic N) is 1. The molecule has 0 aliphatic rings. The highest BCUT2D eigenvalue weighted by atomic mass is 33.1. The lowest BCUT2D eigenvalue weighted by Gasteiger charge is -1.92. The van der Waals surface area contributed by atoms with Crippen molar-refractivity contribution in [2.45, 2.75) is 19.8 Å². The first-order valence-electron chi connectivity index (χ1n) is 5.70. The van der Waals surface area contributed by atoms with E-state index in [1.54, 1.807) is 22.1 Å². The Kier molecular flexibility index (Phi) is 5.42. The van der Waals surface area contributed by atoms with Crippen LogP contribution in [-0.2, 0) is 0 Å². The van der Waals surface area contributed by atoms with Gasteiger partial charge >= 0.3 is 0 Å². The van der Waals surface area contributed by atoms with Crippen LogP contribution in [-0.4, -0.2) is 10.7 Å². The van der Waals surface area contributed by atoms with Crippen molar-refractivity contribution in [3.63, 3.8) is 0 Å². The minimum Gasteiger partial charge on any atom is -0.237 e. The van der Waals surface area contributed by atoms with Gasteiger partial charge in [-0.05, 0) is 30.0 Å². The van der Waals surface area contributed by atoms with Crippen molar-refractivity contribution in [1.82, 2.24) is 4.98 Å². The third-order valence-corrected chi connectivity index (χ3v) is 5.31. The number of fused-ring (bicyclic) bond motifs is 1. The molecule has 0 bridgehead atoms. The van der Waals surface area contributed by atoms with Crippen LogP contribution in [0.3, 0.4) is 0 Å². The number of para-hydroxylation sites is 1. The van der Waals surface area contributed by atoms with Gasteiger partial charge in [0.15, 0.2) is 0 Å². The molecule has 0 aliphatic carbocycles. The van der Waals surface area contributed by atoms with Crippen LogP contribution in [0.4, 0.5) is 0 Å². The molecule has 1 aromatic heterocycles. The Balaban J connectivity index is 1.87. The summed E-state index contributed by atoms with van der Waals surface area (Å²) in [5.74, 6) is 1.23. The van der Waals surface area contributed by atoms with E-state index in [2.05, 4.69) is 41.6 Å². The number of hydrogen-bond donors (Lipinski definition) is 0. The summed E-state index contributed by atoms with van der Waals surface area (Å²) in [5, 5.41) is 3.23. The fraction of sp³-hybridized carbons (Fsp3) is 0.308. The summed E-state index contributed by atoms with van der Waals surface area (Å²) in [6, 6.07) is 8.27. The van der Waals surface area contributed by atoms with Crippen molar-refractivity contribution in [3.8, 4) is 0 Å². The molecule has 1 nitrogen and oxygen atoms in total. The molecule has 1 aromatic carbocycles. The van der Waals surface area contributed by atoms with Gasteiger partial charge in [0, 0.05) is 5.75 Å². The van der Waals surface area contributed by atoms with Crippen LogP contribution in [0.1, 0.15) is 24.8 Å². The standard InChI is InChI=1S/C13H15NS3/c1-2-3-9-15-16-10-8-13-14-11-6-4-5-7-12(11)17-13/h4-8,10H,2-3,9H2,1H3. The van der Waals surface area contributed by atoms with Crippen LogP contribution in [0.5, 0.6) is 0 Å². The third kappa shape index (κ3) is 4.05. The average Bonchev–Trinajstić information content (AvgIpc) is 2.76. The van der Waals surface area contributed by atoms with Crippen LogP contribution in [0.2, 0.25) is 0 Å². The van der Waals surface area contributed by atoms with Crippen molar-refractivity contribution >= 4 is 49.2 Å². The van der Waals surface area contributed by atoms with Crippen molar-refractivity contribution in [2.75, 3.05) is 5.75 Å². The van der Waals surface area contributed by atoms with Gasteiger partial charge in [-0.1, -0.05) is 47.1 Å². The predicted octanol–water partition coefficient (Wildman–Crippen LogP) is 5.45. The van der Waals surface area contributed by atoms with E-state index < -0.39 is 0 Å². The first-order chi connectivity index (χ1) is 8.40. The molecule has 1 heterocycles. The van der Waals surface area contributed by atoms with E-state index in [-0.39, 0.29) is 0 Å². The number of hydrogen-bond acceptors (Lipinski definition) is 4. The molecule has 0 atom stereocenters.